The Morgan fingerprint density at radius 3 is 2.88 bits per heavy atom. The van der Waals surface area contributed by atoms with Crippen LogP contribution < -0.4 is 20.1 Å². The molecule has 1 aromatic rings. The molecule has 1 aromatic carbocycles. The fraction of sp³-hybridized carbons (Fsp3) is 0.611. The standard InChI is InChI=1S/C18H26N2O4/c1-12(19-15-4-2-3-13(15)7-8-21)18(22)20-14-5-6-16-17(11-14)24-10-9-23-16/h5-6,11-13,15,19,21H,2-4,7-10H2,1H3,(H,20,22)/t12-,13+,15+/m0/s1. The third-order valence-electron chi connectivity index (χ3n) is 4.83. The summed E-state index contributed by atoms with van der Waals surface area (Å²) in [6.45, 7) is 3.16. The Morgan fingerprint density at radius 1 is 1.29 bits per heavy atom. The lowest BCUT2D eigenvalue weighted by Gasteiger charge is -2.24. The second-order valence-corrected chi connectivity index (χ2v) is 6.55. The highest BCUT2D eigenvalue weighted by Crippen LogP contribution is 2.32. The minimum Gasteiger partial charge on any atom is -0.486 e. The Hall–Kier alpha value is -1.79. The van der Waals surface area contributed by atoms with E-state index in [0.717, 1.165) is 25.7 Å². The molecule has 3 rings (SSSR count). The van der Waals surface area contributed by atoms with Crippen LogP contribution in [0, 0.1) is 5.92 Å². The van der Waals surface area contributed by atoms with Crippen molar-refractivity contribution in [3.05, 3.63) is 18.2 Å². The van der Waals surface area contributed by atoms with Crippen LogP contribution >= 0.6 is 0 Å². The van der Waals surface area contributed by atoms with Crippen LogP contribution in [0.1, 0.15) is 32.6 Å². The Labute approximate surface area is 142 Å². The molecule has 1 aliphatic carbocycles. The SMILES string of the molecule is C[C@H](N[C@@H]1CCC[C@@H]1CCO)C(=O)Nc1ccc2c(c1)OCCO2. The lowest BCUT2D eigenvalue weighted by atomic mass is 9.99. The second kappa shape index (κ2) is 7.85. The van der Waals surface area contributed by atoms with Gasteiger partial charge in [-0.1, -0.05) is 6.42 Å². The maximum Gasteiger partial charge on any atom is 0.241 e. The largest absolute Gasteiger partial charge is 0.486 e. The number of fused-ring (bicyclic) bond motifs is 1. The van der Waals surface area contributed by atoms with E-state index in [0.29, 0.717) is 42.4 Å². The summed E-state index contributed by atoms with van der Waals surface area (Å²) in [4.78, 5) is 12.4. The average molecular weight is 334 g/mol. The lowest BCUT2D eigenvalue weighted by Crippen LogP contribution is -2.45. The van der Waals surface area contributed by atoms with E-state index >= 15 is 0 Å². The van der Waals surface area contributed by atoms with Gasteiger partial charge in [0, 0.05) is 24.4 Å². The topological polar surface area (TPSA) is 79.8 Å². The molecule has 132 valence electrons. The van der Waals surface area contributed by atoms with Crippen molar-refractivity contribution in [3.63, 3.8) is 0 Å². The Balaban J connectivity index is 1.56. The predicted octanol–water partition coefficient (Wildman–Crippen LogP) is 1.93. The first-order valence-corrected chi connectivity index (χ1v) is 8.75. The van der Waals surface area contributed by atoms with Crippen LogP contribution in [0.25, 0.3) is 0 Å². The van der Waals surface area contributed by atoms with Crippen LogP contribution in [0.3, 0.4) is 0 Å². The number of amides is 1. The fourth-order valence-corrected chi connectivity index (χ4v) is 3.54. The summed E-state index contributed by atoms with van der Waals surface area (Å²) in [6, 6.07) is 5.45. The van der Waals surface area contributed by atoms with Gasteiger partial charge in [-0.15, -0.1) is 0 Å². The zero-order valence-electron chi connectivity index (χ0n) is 14.1. The van der Waals surface area contributed by atoms with Gasteiger partial charge in [0.2, 0.25) is 5.91 Å². The number of carbonyl (C=O) groups excluding carboxylic acids is 1. The lowest BCUT2D eigenvalue weighted by molar-refractivity contribution is -0.118. The first kappa shape index (κ1) is 17.0. The number of ether oxygens (including phenoxy) is 2. The first-order chi connectivity index (χ1) is 11.7. The number of aliphatic hydroxyl groups is 1. The van der Waals surface area contributed by atoms with Crippen molar-refractivity contribution < 1.29 is 19.4 Å². The van der Waals surface area contributed by atoms with E-state index in [1.54, 1.807) is 6.07 Å². The minimum atomic E-state index is -0.289. The van der Waals surface area contributed by atoms with E-state index in [2.05, 4.69) is 10.6 Å². The van der Waals surface area contributed by atoms with Crippen LogP contribution in [-0.4, -0.2) is 42.9 Å². The molecule has 1 aliphatic heterocycles. The van der Waals surface area contributed by atoms with Crippen LogP contribution in [0.15, 0.2) is 18.2 Å². The fourth-order valence-electron chi connectivity index (χ4n) is 3.54. The number of hydrogen-bond donors (Lipinski definition) is 3. The molecule has 3 N–H and O–H groups in total. The van der Waals surface area contributed by atoms with E-state index < -0.39 is 0 Å². The van der Waals surface area contributed by atoms with Crippen LogP contribution in [0.4, 0.5) is 5.69 Å². The van der Waals surface area contributed by atoms with Gasteiger partial charge in [0.1, 0.15) is 13.2 Å². The summed E-state index contributed by atoms with van der Waals surface area (Å²) in [7, 11) is 0. The molecular formula is C18H26N2O4. The highest BCUT2D eigenvalue weighted by molar-refractivity contribution is 5.94. The number of carbonyl (C=O) groups is 1. The summed E-state index contributed by atoms with van der Waals surface area (Å²) in [5.74, 6) is 1.77. The molecule has 0 saturated heterocycles. The van der Waals surface area contributed by atoms with Crippen molar-refractivity contribution in [2.45, 2.75) is 44.7 Å². The predicted molar refractivity (Wildman–Crippen MR) is 91.5 cm³/mol. The third kappa shape index (κ3) is 3.99. The molecule has 0 aromatic heterocycles. The summed E-state index contributed by atoms with van der Waals surface area (Å²) >= 11 is 0. The molecule has 0 spiro atoms. The van der Waals surface area contributed by atoms with Crippen molar-refractivity contribution in [1.82, 2.24) is 5.32 Å². The number of anilines is 1. The quantitative estimate of drug-likeness (QED) is 0.741. The van der Waals surface area contributed by atoms with Gasteiger partial charge in [0.05, 0.1) is 6.04 Å². The zero-order valence-corrected chi connectivity index (χ0v) is 14.1. The van der Waals surface area contributed by atoms with E-state index in [4.69, 9.17) is 14.6 Å². The maximum atomic E-state index is 12.4. The number of hydrogen-bond acceptors (Lipinski definition) is 5. The van der Waals surface area contributed by atoms with Crippen LogP contribution in [-0.2, 0) is 4.79 Å². The van der Waals surface area contributed by atoms with E-state index in [9.17, 15) is 4.79 Å². The molecule has 1 heterocycles. The molecule has 3 atom stereocenters. The molecular weight excluding hydrogens is 308 g/mol. The van der Waals surface area contributed by atoms with Gasteiger partial charge in [-0.25, -0.2) is 0 Å². The number of aliphatic hydroxyl groups excluding tert-OH is 1. The highest BCUT2D eigenvalue weighted by Gasteiger charge is 2.29. The normalized spacial score (nSPS) is 23.8. The smallest absolute Gasteiger partial charge is 0.241 e. The van der Waals surface area contributed by atoms with E-state index in [1.807, 2.05) is 19.1 Å². The number of benzene rings is 1. The summed E-state index contributed by atoms with van der Waals surface area (Å²) < 4.78 is 11.0. The third-order valence-corrected chi connectivity index (χ3v) is 4.83. The minimum absolute atomic E-state index is 0.0682. The van der Waals surface area contributed by atoms with E-state index in [-0.39, 0.29) is 18.6 Å². The van der Waals surface area contributed by atoms with Gasteiger partial charge < -0.3 is 25.2 Å². The van der Waals surface area contributed by atoms with Gasteiger partial charge in [-0.2, -0.15) is 0 Å². The molecule has 6 nitrogen and oxygen atoms in total. The first-order valence-electron chi connectivity index (χ1n) is 8.75. The summed E-state index contributed by atoms with van der Waals surface area (Å²) in [5.41, 5.74) is 0.705. The molecule has 1 fully saturated rings. The molecule has 1 amide bonds. The molecule has 6 heteroatoms. The zero-order chi connectivity index (χ0) is 16.9. The van der Waals surface area contributed by atoms with Crippen molar-refractivity contribution in [1.29, 1.82) is 0 Å². The van der Waals surface area contributed by atoms with Crippen LogP contribution in [0.5, 0.6) is 11.5 Å². The molecule has 1 saturated carbocycles. The van der Waals surface area contributed by atoms with E-state index in [1.165, 1.54) is 0 Å². The Morgan fingerprint density at radius 2 is 2.08 bits per heavy atom. The Kier molecular flexibility index (Phi) is 5.58. The second-order valence-electron chi connectivity index (χ2n) is 6.55. The van der Waals surface area contributed by atoms with Crippen molar-refractivity contribution >= 4 is 11.6 Å². The van der Waals surface area contributed by atoms with Gasteiger partial charge >= 0.3 is 0 Å². The van der Waals surface area contributed by atoms with Gasteiger partial charge in [0.15, 0.2) is 11.5 Å². The number of rotatable bonds is 6. The number of nitrogens with one attached hydrogen (secondary N) is 2. The van der Waals surface area contributed by atoms with Crippen molar-refractivity contribution in [2.75, 3.05) is 25.1 Å². The van der Waals surface area contributed by atoms with Gasteiger partial charge in [-0.3, -0.25) is 4.79 Å². The monoisotopic (exact) mass is 334 g/mol. The summed E-state index contributed by atoms with van der Waals surface area (Å²) in [6.07, 6.45) is 4.13. The molecule has 2 aliphatic rings. The van der Waals surface area contributed by atoms with Crippen molar-refractivity contribution in [2.24, 2.45) is 5.92 Å². The van der Waals surface area contributed by atoms with Crippen molar-refractivity contribution in [3.8, 4) is 11.5 Å². The molecule has 0 radical (unpaired) electrons. The summed E-state index contributed by atoms with van der Waals surface area (Å²) in [5, 5.41) is 15.5. The van der Waals surface area contributed by atoms with Gasteiger partial charge in [-0.05, 0) is 44.2 Å². The van der Waals surface area contributed by atoms with Crippen LogP contribution in [0.2, 0.25) is 0 Å². The van der Waals surface area contributed by atoms with Gasteiger partial charge in [0.25, 0.3) is 0 Å². The Bertz CT molecular complexity index is 578. The molecule has 0 unspecified atom stereocenters. The maximum absolute atomic E-state index is 12.4. The average Bonchev–Trinajstić information content (AvgIpc) is 3.02. The molecule has 0 bridgehead atoms. The highest BCUT2D eigenvalue weighted by atomic mass is 16.6. The molecule has 24 heavy (non-hydrogen) atoms.